The maximum atomic E-state index is 11.2. The Labute approximate surface area is 124 Å². The minimum atomic E-state index is -1.74. The van der Waals surface area contributed by atoms with E-state index < -0.39 is 48.7 Å². The molecule has 1 fully saturated rings. The number of carbonyl (C=O) groups is 3. The van der Waals surface area contributed by atoms with Gasteiger partial charge in [-0.05, 0) is 5.53 Å². The van der Waals surface area contributed by atoms with Crippen LogP contribution in [0.4, 0.5) is 0 Å². The Kier molecular flexibility index (Phi) is 6.11. The molecule has 5 atom stereocenters. The number of ether oxygens (including phenoxy) is 4. The van der Waals surface area contributed by atoms with Gasteiger partial charge in [0.05, 0.1) is 0 Å². The van der Waals surface area contributed by atoms with Crippen molar-refractivity contribution in [2.45, 2.75) is 51.6 Å². The van der Waals surface area contributed by atoms with Gasteiger partial charge in [0, 0.05) is 25.7 Å². The highest BCUT2D eigenvalue weighted by Gasteiger charge is 2.53. The van der Waals surface area contributed by atoms with Crippen molar-refractivity contribution in [2.75, 3.05) is 0 Å². The maximum absolute atomic E-state index is 11.2. The topological polar surface area (TPSA) is 157 Å². The van der Waals surface area contributed by atoms with Gasteiger partial charge in [-0.2, -0.15) is 0 Å². The standard InChI is InChI=1S/C11H15N3O8/c1-4(15)19-7-8(10(18)13-14-12)22-11(21-6(3)17)9(7)20-5(2)16/h7-11,18H,1-3H3/t7-,8+,9-,10?,11?/m1/s1. The van der Waals surface area contributed by atoms with Gasteiger partial charge in [0.25, 0.3) is 0 Å². The van der Waals surface area contributed by atoms with E-state index in [9.17, 15) is 19.5 Å². The van der Waals surface area contributed by atoms with Gasteiger partial charge < -0.3 is 24.1 Å². The molecule has 0 aromatic heterocycles. The molecule has 0 saturated carbocycles. The van der Waals surface area contributed by atoms with Crippen molar-refractivity contribution in [3.8, 4) is 0 Å². The first-order chi connectivity index (χ1) is 10.3. The Morgan fingerprint density at radius 3 is 2.05 bits per heavy atom. The number of rotatable bonds is 5. The van der Waals surface area contributed by atoms with E-state index in [2.05, 4.69) is 10.0 Å². The second-order valence-electron chi connectivity index (χ2n) is 4.35. The summed E-state index contributed by atoms with van der Waals surface area (Å²) < 4.78 is 19.9. The number of azide groups is 1. The van der Waals surface area contributed by atoms with E-state index in [1.165, 1.54) is 0 Å². The fraction of sp³-hybridized carbons (Fsp3) is 0.727. The predicted octanol–water partition coefficient (Wildman–Crippen LogP) is -0.234. The number of carbonyl (C=O) groups excluding carboxylic acids is 3. The summed E-state index contributed by atoms with van der Waals surface area (Å²) >= 11 is 0. The van der Waals surface area contributed by atoms with Crippen molar-refractivity contribution >= 4 is 17.9 Å². The zero-order valence-electron chi connectivity index (χ0n) is 12.0. The number of aliphatic hydroxyl groups excluding tert-OH is 1. The number of hydrogen-bond acceptors (Lipinski definition) is 9. The Hall–Kier alpha value is -2.36. The van der Waals surface area contributed by atoms with E-state index in [4.69, 9.17) is 24.5 Å². The summed E-state index contributed by atoms with van der Waals surface area (Å²) in [5.74, 6) is -2.25. The van der Waals surface area contributed by atoms with E-state index in [-0.39, 0.29) is 0 Å². The van der Waals surface area contributed by atoms with Crippen molar-refractivity contribution in [1.29, 1.82) is 0 Å². The molecule has 22 heavy (non-hydrogen) atoms. The number of esters is 3. The molecular weight excluding hydrogens is 302 g/mol. The molecule has 1 rings (SSSR count). The average molecular weight is 317 g/mol. The number of nitrogens with zero attached hydrogens (tertiary/aromatic N) is 3. The molecule has 0 aliphatic carbocycles. The summed E-state index contributed by atoms with van der Waals surface area (Å²) in [7, 11) is 0. The van der Waals surface area contributed by atoms with Crippen LogP contribution in [0.15, 0.2) is 5.11 Å². The largest absolute Gasteiger partial charge is 0.455 e. The molecule has 0 amide bonds. The molecule has 2 unspecified atom stereocenters. The molecule has 0 spiro atoms. The highest BCUT2D eigenvalue weighted by atomic mass is 16.7. The first kappa shape index (κ1) is 17.7. The molecule has 11 heteroatoms. The molecule has 1 saturated heterocycles. The third kappa shape index (κ3) is 4.58. The maximum Gasteiger partial charge on any atom is 0.305 e. The van der Waals surface area contributed by atoms with Crippen LogP contribution in [0.25, 0.3) is 10.4 Å². The Balaban J connectivity index is 3.10. The molecule has 1 aliphatic heterocycles. The van der Waals surface area contributed by atoms with Crippen LogP contribution in [-0.2, 0) is 33.3 Å². The van der Waals surface area contributed by atoms with Gasteiger partial charge in [0.15, 0.2) is 12.3 Å². The van der Waals surface area contributed by atoms with Crippen LogP contribution in [0.5, 0.6) is 0 Å². The van der Waals surface area contributed by atoms with Gasteiger partial charge in [-0.15, -0.1) is 0 Å². The molecule has 0 aromatic rings. The average Bonchev–Trinajstić information content (AvgIpc) is 2.67. The lowest BCUT2D eigenvalue weighted by Gasteiger charge is -2.23. The Morgan fingerprint density at radius 1 is 1.09 bits per heavy atom. The second kappa shape index (κ2) is 7.59. The number of aliphatic hydroxyl groups is 1. The van der Waals surface area contributed by atoms with E-state index in [0.29, 0.717) is 0 Å². The molecule has 122 valence electrons. The van der Waals surface area contributed by atoms with Gasteiger partial charge in [-0.1, -0.05) is 5.11 Å². The van der Waals surface area contributed by atoms with E-state index in [1.807, 2.05) is 0 Å². The van der Waals surface area contributed by atoms with Crippen LogP contribution in [-0.4, -0.2) is 53.8 Å². The quantitative estimate of drug-likeness (QED) is 0.239. The lowest BCUT2D eigenvalue weighted by molar-refractivity contribution is -0.198. The zero-order valence-corrected chi connectivity index (χ0v) is 12.0. The summed E-state index contributed by atoms with van der Waals surface area (Å²) in [5, 5.41) is 12.7. The van der Waals surface area contributed by atoms with Crippen molar-refractivity contribution in [2.24, 2.45) is 5.11 Å². The van der Waals surface area contributed by atoms with E-state index >= 15 is 0 Å². The van der Waals surface area contributed by atoms with Gasteiger partial charge in [-0.3, -0.25) is 14.4 Å². The summed E-state index contributed by atoms with van der Waals surface area (Å²) in [4.78, 5) is 35.8. The second-order valence-corrected chi connectivity index (χ2v) is 4.35. The first-order valence-electron chi connectivity index (χ1n) is 6.15. The minimum Gasteiger partial charge on any atom is -0.455 e. The summed E-state index contributed by atoms with van der Waals surface area (Å²) in [6.45, 7) is 3.26. The normalized spacial score (nSPS) is 28.2. The Morgan fingerprint density at radius 2 is 1.59 bits per heavy atom. The SMILES string of the molecule is CC(=O)OC1O[C@H](C(O)N=[N+]=[N-])[C@@H](OC(C)=O)[C@H]1OC(C)=O. The minimum absolute atomic E-state index is 0.748. The van der Waals surface area contributed by atoms with Crippen LogP contribution in [0, 0.1) is 0 Å². The van der Waals surface area contributed by atoms with Gasteiger partial charge in [0.1, 0.15) is 6.10 Å². The lowest BCUT2D eigenvalue weighted by atomic mass is 10.1. The van der Waals surface area contributed by atoms with Crippen LogP contribution >= 0.6 is 0 Å². The smallest absolute Gasteiger partial charge is 0.305 e. The third-order valence-electron chi connectivity index (χ3n) is 2.56. The number of hydrogen-bond donors (Lipinski definition) is 1. The van der Waals surface area contributed by atoms with Crippen molar-refractivity contribution in [1.82, 2.24) is 0 Å². The predicted molar refractivity (Wildman–Crippen MR) is 66.7 cm³/mol. The monoisotopic (exact) mass is 317 g/mol. The van der Waals surface area contributed by atoms with Crippen molar-refractivity contribution < 1.29 is 38.4 Å². The fourth-order valence-electron chi connectivity index (χ4n) is 1.91. The highest BCUT2D eigenvalue weighted by molar-refractivity contribution is 5.68. The molecule has 0 radical (unpaired) electrons. The molecule has 1 heterocycles. The van der Waals surface area contributed by atoms with Crippen LogP contribution in [0.3, 0.4) is 0 Å². The van der Waals surface area contributed by atoms with Crippen molar-refractivity contribution in [3.05, 3.63) is 10.4 Å². The zero-order chi connectivity index (χ0) is 16.9. The van der Waals surface area contributed by atoms with Gasteiger partial charge in [0.2, 0.25) is 12.4 Å². The van der Waals surface area contributed by atoms with Crippen LogP contribution in [0.1, 0.15) is 20.8 Å². The third-order valence-corrected chi connectivity index (χ3v) is 2.56. The van der Waals surface area contributed by atoms with Crippen molar-refractivity contribution in [3.63, 3.8) is 0 Å². The highest BCUT2D eigenvalue weighted by Crippen LogP contribution is 2.30. The molecule has 0 aromatic carbocycles. The Bertz CT molecular complexity index is 504. The van der Waals surface area contributed by atoms with E-state index in [0.717, 1.165) is 20.8 Å². The molecular formula is C11H15N3O8. The lowest BCUT2D eigenvalue weighted by Crippen LogP contribution is -2.43. The van der Waals surface area contributed by atoms with E-state index in [1.54, 1.807) is 0 Å². The summed E-state index contributed by atoms with van der Waals surface area (Å²) in [5.41, 5.74) is 8.35. The van der Waals surface area contributed by atoms with Crippen LogP contribution < -0.4 is 0 Å². The summed E-state index contributed by atoms with van der Waals surface area (Å²) in [6.07, 6.45) is -7.15. The van der Waals surface area contributed by atoms with Gasteiger partial charge >= 0.3 is 17.9 Å². The molecule has 1 aliphatic rings. The summed E-state index contributed by atoms with van der Waals surface area (Å²) in [6, 6.07) is 0. The van der Waals surface area contributed by atoms with Crippen LogP contribution in [0.2, 0.25) is 0 Å². The molecule has 1 N–H and O–H groups in total. The molecule has 0 bridgehead atoms. The first-order valence-corrected chi connectivity index (χ1v) is 6.15. The van der Waals surface area contributed by atoms with Gasteiger partial charge in [-0.25, -0.2) is 0 Å². The molecule has 11 nitrogen and oxygen atoms in total. The fourth-order valence-corrected chi connectivity index (χ4v) is 1.91.